The van der Waals surface area contributed by atoms with Gasteiger partial charge in [-0.25, -0.2) is 4.98 Å². The van der Waals surface area contributed by atoms with Crippen molar-refractivity contribution in [1.29, 1.82) is 5.26 Å². The normalized spacial score (nSPS) is 13.6. The molecule has 1 aliphatic heterocycles. The number of pyridine rings is 1. The van der Waals surface area contributed by atoms with Gasteiger partial charge in [-0.05, 0) is 48.9 Å². The van der Waals surface area contributed by atoms with Crippen molar-refractivity contribution in [2.75, 3.05) is 41.3 Å². The molecule has 3 aromatic rings. The third kappa shape index (κ3) is 4.26. The second-order valence-corrected chi connectivity index (χ2v) is 7.33. The molecule has 1 fully saturated rings. The summed E-state index contributed by atoms with van der Waals surface area (Å²) in [7, 11) is 0. The Morgan fingerprint density at radius 3 is 2.53 bits per heavy atom. The van der Waals surface area contributed by atoms with Crippen molar-refractivity contribution in [3.8, 4) is 6.07 Å². The first-order valence-corrected chi connectivity index (χ1v) is 9.97. The third-order valence-electron chi connectivity index (χ3n) is 5.27. The Bertz CT molecular complexity index is 1100. The number of carbonyl (C=O) groups excluding carboxylic acids is 1. The van der Waals surface area contributed by atoms with E-state index in [2.05, 4.69) is 57.4 Å². The molecule has 1 amide bonds. The van der Waals surface area contributed by atoms with Gasteiger partial charge < -0.3 is 15.1 Å². The predicted molar refractivity (Wildman–Crippen MR) is 119 cm³/mol. The van der Waals surface area contributed by atoms with Gasteiger partial charge >= 0.3 is 0 Å². The van der Waals surface area contributed by atoms with Gasteiger partial charge in [0.1, 0.15) is 11.9 Å². The smallest absolute Gasteiger partial charge is 0.255 e. The van der Waals surface area contributed by atoms with E-state index in [1.54, 1.807) is 36.5 Å². The number of benzene rings is 2. The van der Waals surface area contributed by atoms with Gasteiger partial charge in [0.2, 0.25) is 0 Å². The fourth-order valence-electron chi connectivity index (χ4n) is 3.64. The monoisotopic (exact) mass is 397 g/mol. The van der Waals surface area contributed by atoms with Gasteiger partial charge in [0.25, 0.3) is 5.91 Å². The highest BCUT2D eigenvalue weighted by atomic mass is 16.1. The van der Waals surface area contributed by atoms with Crippen LogP contribution in [0.25, 0.3) is 0 Å². The third-order valence-corrected chi connectivity index (χ3v) is 5.27. The molecule has 4 rings (SSSR count). The maximum Gasteiger partial charge on any atom is 0.255 e. The molecule has 0 unspecified atom stereocenters. The second kappa shape index (κ2) is 8.66. The Kier molecular flexibility index (Phi) is 5.62. The minimum absolute atomic E-state index is 0.250. The zero-order chi connectivity index (χ0) is 20.9. The molecule has 2 aromatic carbocycles. The molecule has 6 heteroatoms. The quantitative estimate of drug-likeness (QED) is 0.724. The first-order valence-electron chi connectivity index (χ1n) is 9.97. The summed E-state index contributed by atoms with van der Waals surface area (Å²) >= 11 is 0. The van der Waals surface area contributed by atoms with Crippen molar-refractivity contribution in [2.45, 2.75) is 6.92 Å². The average Bonchev–Trinajstić information content (AvgIpc) is 2.79. The summed E-state index contributed by atoms with van der Waals surface area (Å²) in [6.07, 6.45) is 1.66. The van der Waals surface area contributed by atoms with Crippen LogP contribution in [-0.4, -0.2) is 37.1 Å². The van der Waals surface area contributed by atoms with Crippen LogP contribution >= 0.6 is 0 Å². The summed E-state index contributed by atoms with van der Waals surface area (Å²) < 4.78 is 0. The maximum atomic E-state index is 12.7. The van der Waals surface area contributed by atoms with Crippen LogP contribution in [-0.2, 0) is 0 Å². The van der Waals surface area contributed by atoms with E-state index in [9.17, 15) is 10.1 Å². The first kappa shape index (κ1) is 19.5. The summed E-state index contributed by atoms with van der Waals surface area (Å²) in [5.74, 6) is 0.542. The molecule has 2 heterocycles. The summed E-state index contributed by atoms with van der Waals surface area (Å²) in [6, 6.07) is 21.1. The fraction of sp³-hybridized carbons (Fsp3) is 0.208. The van der Waals surface area contributed by atoms with Crippen molar-refractivity contribution in [2.24, 2.45) is 0 Å². The number of nitrogens with one attached hydrogen (secondary N) is 1. The van der Waals surface area contributed by atoms with E-state index in [0.717, 1.165) is 32.0 Å². The number of rotatable bonds is 4. The largest absolute Gasteiger partial charge is 0.368 e. The number of hydrogen-bond donors (Lipinski definition) is 1. The first-order chi connectivity index (χ1) is 14.6. The molecular weight excluding hydrogens is 374 g/mol. The lowest BCUT2D eigenvalue weighted by atomic mass is 10.1. The van der Waals surface area contributed by atoms with E-state index in [4.69, 9.17) is 0 Å². The van der Waals surface area contributed by atoms with E-state index in [-0.39, 0.29) is 5.91 Å². The van der Waals surface area contributed by atoms with E-state index in [0.29, 0.717) is 16.8 Å². The number of para-hydroxylation sites is 1. The second-order valence-electron chi connectivity index (χ2n) is 7.33. The number of piperazine rings is 1. The average molecular weight is 397 g/mol. The highest BCUT2D eigenvalue weighted by Gasteiger charge is 2.19. The molecule has 0 bridgehead atoms. The molecule has 0 radical (unpaired) electrons. The number of aromatic nitrogens is 1. The van der Waals surface area contributed by atoms with E-state index in [1.807, 2.05) is 6.07 Å². The summed E-state index contributed by atoms with van der Waals surface area (Å²) in [5, 5.41) is 12.0. The van der Waals surface area contributed by atoms with Crippen LogP contribution in [0.1, 0.15) is 21.5 Å². The number of amides is 1. The SMILES string of the molecule is Cc1cccc(N2CCN(c3cc(C(=O)Nc4ccccc4C#N)ccn3)CC2)c1. The van der Waals surface area contributed by atoms with Crippen molar-refractivity contribution >= 4 is 23.1 Å². The van der Waals surface area contributed by atoms with Gasteiger partial charge in [-0.3, -0.25) is 4.79 Å². The minimum atomic E-state index is -0.250. The Hall–Kier alpha value is -3.85. The number of nitriles is 1. The van der Waals surface area contributed by atoms with Crippen molar-refractivity contribution in [3.05, 3.63) is 83.6 Å². The van der Waals surface area contributed by atoms with Crippen LogP contribution in [0.15, 0.2) is 66.9 Å². The highest BCUT2D eigenvalue weighted by Crippen LogP contribution is 2.21. The summed E-state index contributed by atoms with van der Waals surface area (Å²) in [6.45, 7) is 5.58. The molecule has 1 aromatic heterocycles. The molecular formula is C24H23N5O. The maximum absolute atomic E-state index is 12.7. The number of aryl methyl sites for hydroxylation is 1. The van der Waals surface area contributed by atoms with Crippen LogP contribution < -0.4 is 15.1 Å². The topological polar surface area (TPSA) is 72.3 Å². The molecule has 0 spiro atoms. The molecule has 6 nitrogen and oxygen atoms in total. The lowest BCUT2D eigenvalue weighted by Crippen LogP contribution is -2.46. The Balaban J connectivity index is 1.44. The standard InChI is InChI=1S/C24H23N5O/c1-18-5-4-7-21(15-18)28-11-13-29(14-12-28)23-16-19(9-10-26-23)24(30)27-22-8-3-2-6-20(22)17-25/h2-10,15-16H,11-14H2,1H3,(H,27,30). The molecule has 1 saturated heterocycles. The van der Waals surface area contributed by atoms with Crippen LogP contribution in [0, 0.1) is 18.3 Å². The van der Waals surface area contributed by atoms with Crippen LogP contribution in [0.4, 0.5) is 17.2 Å². The van der Waals surface area contributed by atoms with Crippen LogP contribution in [0.3, 0.4) is 0 Å². The van der Waals surface area contributed by atoms with Gasteiger partial charge in [-0.1, -0.05) is 24.3 Å². The van der Waals surface area contributed by atoms with Gasteiger partial charge in [0.05, 0.1) is 11.3 Å². The molecule has 150 valence electrons. The van der Waals surface area contributed by atoms with Gasteiger partial charge in [0.15, 0.2) is 0 Å². The zero-order valence-electron chi connectivity index (χ0n) is 16.9. The van der Waals surface area contributed by atoms with Crippen molar-refractivity contribution < 1.29 is 4.79 Å². The summed E-state index contributed by atoms with van der Waals surface area (Å²) in [4.78, 5) is 21.8. The Morgan fingerprint density at radius 1 is 1.00 bits per heavy atom. The molecule has 30 heavy (non-hydrogen) atoms. The molecule has 0 saturated carbocycles. The lowest BCUT2D eigenvalue weighted by Gasteiger charge is -2.37. The van der Waals surface area contributed by atoms with E-state index >= 15 is 0 Å². The van der Waals surface area contributed by atoms with Gasteiger partial charge in [-0.15, -0.1) is 0 Å². The number of hydrogen-bond acceptors (Lipinski definition) is 5. The van der Waals surface area contributed by atoms with Crippen LogP contribution in [0.2, 0.25) is 0 Å². The predicted octanol–water partition coefficient (Wildman–Crippen LogP) is 3.84. The summed E-state index contributed by atoms with van der Waals surface area (Å²) in [5.41, 5.74) is 3.97. The molecule has 0 atom stereocenters. The minimum Gasteiger partial charge on any atom is -0.368 e. The number of carbonyl (C=O) groups is 1. The number of anilines is 3. The molecule has 1 aliphatic rings. The van der Waals surface area contributed by atoms with Gasteiger partial charge in [-0.2, -0.15) is 5.26 Å². The Morgan fingerprint density at radius 2 is 1.77 bits per heavy atom. The molecule has 1 N–H and O–H groups in total. The fourth-order valence-corrected chi connectivity index (χ4v) is 3.64. The van der Waals surface area contributed by atoms with Gasteiger partial charge in [0, 0.05) is 43.6 Å². The van der Waals surface area contributed by atoms with E-state index < -0.39 is 0 Å². The van der Waals surface area contributed by atoms with Crippen molar-refractivity contribution in [1.82, 2.24) is 4.98 Å². The van der Waals surface area contributed by atoms with Crippen molar-refractivity contribution in [3.63, 3.8) is 0 Å². The van der Waals surface area contributed by atoms with Crippen LogP contribution in [0.5, 0.6) is 0 Å². The Labute approximate surface area is 176 Å². The zero-order valence-corrected chi connectivity index (χ0v) is 16.9. The molecule has 0 aliphatic carbocycles. The highest BCUT2D eigenvalue weighted by molar-refractivity contribution is 6.05. The lowest BCUT2D eigenvalue weighted by molar-refractivity contribution is 0.102. The number of nitrogens with zero attached hydrogens (tertiary/aromatic N) is 4. The van der Waals surface area contributed by atoms with E-state index in [1.165, 1.54) is 11.3 Å².